The van der Waals surface area contributed by atoms with Gasteiger partial charge in [-0.15, -0.1) is 11.3 Å². The third-order valence-electron chi connectivity index (χ3n) is 3.16. The fourth-order valence-corrected chi connectivity index (χ4v) is 3.10. The summed E-state index contributed by atoms with van der Waals surface area (Å²) in [7, 11) is 0. The molecule has 0 aliphatic carbocycles. The minimum Gasteiger partial charge on any atom is -0.333 e. The van der Waals surface area contributed by atoms with Crippen LogP contribution in [0.2, 0.25) is 10.0 Å². The number of thiazole rings is 1. The first-order valence-electron chi connectivity index (χ1n) is 6.92. The van der Waals surface area contributed by atoms with Crippen LogP contribution in [0.3, 0.4) is 0 Å². The molecule has 22 heavy (non-hydrogen) atoms. The average Bonchev–Trinajstić information content (AvgIpc) is 2.96. The molecule has 0 aliphatic heterocycles. The number of nitrogens with two attached hydrogens (primary N) is 1. The van der Waals surface area contributed by atoms with Crippen molar-refractivity contribution < 1.29 is 4.79 Å². The molecule has 118 valence electrons. The number of carbonyl (C=O) groups is 1. The van der Waals surface area contributed by atoms with Gasteiger partial charge >= 0.3 is 0 Å². The Morgan fingerprint density at radius 2 is 2.14 bits per heavy atom. The van der Waals surface area contributed by atoms with Crippen molar-refractivity contribution in [1.29, 1.82) is 0 Å². The Bertz CT molecular complexity index is 660. The number of hydrogen-bond acceptors (Lipinski definition) is 4. The lowest BCUT2D eigenvalue weighted by atomic mass is 10.2. The zero-order valence-corrected chi connectivity index (χ0v) is 14.5. The van der Waals surface area contributed by atoms with E-state index in [-0.39, 0.29) is 5.91 Å². The van der Waals surface area contributed by atoms with Gasteiger partial charge in [0.1, 0.15) is 5.69 Å². The topological polar surface area (TPSA) is 59.2 Å². The monoisotopic (exact) mass is 357 g/mol. The summed E-state index contributed by atoms with van der Waals surface area (Å²) in [6, 6.07) is 5.38. The number of rotatable bonds is 6. The minimum absolute atomic E-state index is 0.0897. The van der Waals surface area contributed by atoms with Crippen molar-refractivity contribution in [2.24, 2.45) is 5.73 Å². The smallest absolute Gasteiger partial charge is 0.273 e. The van der Waals surface area contributed by atoms with Gasteiger partial charge in [0, 0.05) is 24.9 Å². The summed E-state index contributed by atoms with van der Waals surface area (Å²) in [5, 5.41) is 3.66. The van der Waals surface area contributed by atoms with E-state index in [9.17, 15) is 4.79 Å². The van der Waals surface area contributed by atoms with Crippen LogP contribution in [0.4, 0.5) is 0 Å². The van der Waals surface area contributed by atoms with E-state index in [1.165, 1.54) is 11.3 Å². The summed E-state index contributed by atoms with van der Waals surface area (Å²) in [4.78, 5) is 18.6. The van der Waals surface area contributed by atoms with Crippen LogP contribution in [0.15, 0.2) is 23.6 Å². The number of amides is 1. The summed E-state index contributed by atoms with van der Waals surface area (Å²) >= 11 is 13.4. The van der Waals surface area contributed by atoms with Crippen LogP contribution in [-0.2, 0) is 13.0 Å². The van der Waals surface area contributed by atoms with Crippen molar-refractivity contribution in [2.45, 2.75) is 19.9 Å². The molecular formula is C15H17Cl2N3OS. The standard InChI is InChI=1S/C15H17Cl2N3OS/c1-2-20(8-10-3-4-11(16)12(17)7-10)15(21)13-9-22-14(19-13)5-6-18/h3-4,7,9H,2,5-6,8,18H2,1H3. The number of carbonyl (C=O) groups excluding carboxylic acids is 1. The fourth-order valence-electron chi connectivity index (χ4n) is 2.00. The van der Waals surface area contributed by atoms with Crippen molar-refractivity contribution in [1.82, 2.24) is 9.88 Å². The van der Waals surface area contributed by atoms with Crippen molar-refractivity contribution in [3.8, 4) is 0 Å². The summed E-state index contributed by atoms with van der Waals surface area (Å²) < 4.78 is 0. The Labute approximate surface area is 143 Å². The highest BCUT2D eigenvalue weighted by Crippen LogP contribution is 2.23. The number of halogens is 2. The van der Waals surface area contributed by atoms with Gasteiger partial charge in [0.15, 0.2) is 0 Å². The third-order valence-corrected chi connectivity index (χ3v) is 4.80. The van der Waals surface area contributed by atoms with E-state index in [0.29, 0.717) is 41.8 Å². The summed E-state index contributed by atoms with van der Waals surface area (Å²) in [5.74, 6) is -0.0897. The average molecular weight is 358 g/mol. The van der Waals surface area contributed by atoms with Crippen molar-refractivity contribution in [2.75, 3.05) is 13.1 Å². The first-order valence-corrected chi connectivity index (χ1v) is 8.56. The number of benzene rings is 1. The van der Waals surface area contributed by atoms with Crippen LogP contribution in [-0.4, -0.2) is 28.9 Å². The zero-order chi connectivity index (χ0) is 16.1. The Morgan fingerprint density at radius 1 is 1.36 bits per heavy atom. The van der Waals surface area contributed by atoms with Gasteiger partial charge in [-0.05, 0) is 31.2 Å². The highest BCUT2D eigenvalue weighted by atomic mass is 35.5. The molecule has 1 aromatic heterocycles. The zero-order valence-electron chi connectivity index (χ0n) is 12.2. The molecule has 0 spiro atoms. The molecule has 2 aromatic rings. The first-order chi connectivity index (χ1) is 10.5. The Hall–Kier alpha value is -1.14. The van der Waals surface area contributed by atoms with Gasteiger partial charge in [-0.2, -0.15) is 0 Å². The van der Waals surface area contributed by atoms with E-state index in [1.807, 2.05) is 13.0 Å². The van der Waals surface area contributed by atoms with E-state index < -0.39 is 0 Å². The van der Waals surface area contributed by atoms with Crippen molar-refractivity contribution in [3.63, 3.8) is 0 Å². The Balaban J connectivity index is 2.12. The van der Waals surface area contributed by atoms with Crippen LogP contribution in [0, 0.1) is 0 Å². The largest absolute Gasteiger partial charge is 0.333 e. The SMILES string of the molecule is CCN(Cc1ccc(Cl)c(Cl)c1)C(=O)c1csc(CCN)n1. The molecule has 2 rings (SSSR count). The molecule has 7 heteroatoms. The number of aromatic nitrogens is 1. The maximum Gasteiger partial charge on any atom is 0.273 e. The summed E-state index contributed by atoms with van der Waals surface area (Å²) in [6.45, 7) is 3.52. The van der Waals surface area contributed by atoms with E-state index in [0.717, 1.165) is 10.6 Å². The van der Waals surface area contributed by atoms with Gasteiger partial charge in [0.25, 0.3) is 5.91 Å². The molecule has 0 saturated carbocycles. The predicted octanol–water partition coefficient (Wildman–Crippen LogP) is 3.61. The molecule has 0 aliphatic rings. The van der Waals surface area contributed by atoms with E-state index in [1.54, 1.807) is 22.4 Å². The maximum absolute atomic E-state index is 12.5. The van der Waals surface area contributed by atoms with Gasteiger partial charge in [-0.1, -0.05) is 29.3 Å². The number of hydrogen-bond donors (Lipinski definition) is 1. The van der Waals surface area contributed by atoms with Crippen LogP contribution < -0.4 is 5.73 Å². The van der Waals surface area contributed by atoms with Crippen LogP contribution in [0.5, 0.6) is 0 Å². The minimum atomic E-state index is -0.0897. The van der Waals surface area contributed by atoms with Crippen molar-refractivity contribution in [3.05, 3.63) is 49.9 Å². The Kier molecular flexibility index (Phi) is 6.20. The lowest BCUT2D eigenvalue weighted by Crippen LogP contribution is -2.30. The van der Waals surface area contributed by atoms with Gasteiger partial charge in [0.05, 0.1) is 15.1 Å². The van der Waals surface area contributed by atoms with E-state index in [4.69, 9.17) is 28.9 Å². The second-order valence-corrected chi connectivity index (χ2v) is 6.49. The van der Waals surface area contributed by atoms with E-state index >= 15 is 0 Å². The summed E-state index contributed by atoms with van der Waals surface area (Å²) in [6.07, 6.45) is 0.691. The highest BCUT2D eigenvalue weighted by molar-refractivity contribution is 7.09. The van der Waals surface area contributed by atoms with Crippen molar-refractivity contribution >= 4 is 40.4 Å². The molecule has 1 amide bonds. The molecule has 1 aromatic carbocycles. The van der Waals surface area contributed by atoms with Gasteiger partial charge < -0.3 is 10.6 Å². The first kappa shape index (κ1) is 17.2. The fraction of sp³-hybridized carbons (Fsp3) is 0.333. The normalized spacial score (nSPS) is 10.7. The second kappa shape index (κ2) is 7.92. The third kappa shape index (κ3) is 4.20. The molecule has 1 heterocycles. The van der Waals surface area contributed by atoms with E-state index in [2.05, 4.69) is 4.98 Å². The molecule has 0 saturated heterocycles. The summed E-state index contributed by atoms with van der Waals surface area (Å²) in [5.41, 5.74) is 6.91. The molecule has 0 fully saturated rings. The predicted molar refractivity (Wildman–Crippen MR) is 91.7 cm³/mol. The van der Waals surface area contributed by atoms with Crippen LogP contribution >= 0.6 is 34.5 Å². The Morgan fingerprint density at radius 3 is 2.77 bits per heavy atom. The van der Waals surface area contributed by atoms with Gasteiger partial charge in [-0.25, -0.2) is 4.98 Å². The molecule has 0 bridgehead atoms. The molecule has 2 N–H and O–H groups in total. The van der Waals surface area contributed by atoms with Gasteiger partial charge in [-0.3, -0.25) is 4.79 Å². The van der Waals surface area contributed by atoms with Crippen LogP contribution in [0.1, 0.15) is 28.0 Å². The molecule has 0 radical (unpaired) electrons. The van der Waals surface area contributed by atoms with Gasteiger partial charge in [0.2, 0.25) is 0 Å². The lowest BCUT2D eigenvalue weighted by molar-refractivity contribution is 0.0747. The van der Waals surface area contributed by atoms with Crippen LogP contribution in [0.25, 0.3) is 0 Å². The molecule has 0 atom stereocenters. The second-order valence-electron chi connectivity index (χ2n) is 4.73. The number of nitrogens with zero attached hydrogens (tertiary/aromatic N) is 2. The maximum atomic E-state index is 12.5. The molecule has 0 unspecified atom stereocenters. The lowest BCUT2D eigenvalue weighted by Gasteiger charge is -2.20. The molecular weight excluding hydrogens is 341 g/mol. The quantitative estimate of drug-likeness (QED) is 0.858. The highest BCUT2D eigenvalue weighted by Gasteiger charge is 2.18. The molecule has 4 nitrogen and oxygen atoms in total.